The fraction of sp³-hybridized carbons (Fsp3) is 0.0968. The molecule has 5 rings (SSSR count). The Hall–Kier alpha value is -4.62. The highest BCUT2D eigenvalue weighted by molar-refractivity contribution is 6.30. The minimum atomic E-state index is -1.17. The number of ether oxygens (including phenoxy) is 1. The Labute approximate surface area is 228 Å². The Balaban J connectivity index is 1.23. The lowest BCUT2D eigenvalue weighted by Crippen LogP contribution is -2.42. The summed E-state index contributed by atoms with van der Waals surface area (Å²) >= 11 is 5.97. The van der Waals surface area contributed by atoms with Crippen LogP contribution in [-0.4, -0.2) is 23.0 Å². The minimum Gasteiger partial charge on any atom is -0.489 e. The Morgan fingerprint density at radius 1 is 0.897 bits per heavy atom. The van der Waals surface area contributed by atoms with Gasteiger partial charge in [-0.25, -0.2) is 9.18 Å². The molecule has 1 heterocycles. The van der Waals surface area contributed by atoms with E-state index in [9.17, 15) is 19.1 Å². The summed E-state index contributed by atoms with van der Waals surface area (Å²) in [5, 5.41) is 13.6. The normalized spacial score (nSPS) is 11.7. The summed E-state index contributed by atoms with van der Waals surface area (Å²) in [5.41, 5.74) is 3.73. The largest absolute Gasteiger partial charge is 0.489 e. The number of amides is 1. The summed E-state index contributed by atoms with van der Waals surface area (Å²) in [6.45, 7) is 0.198. The maximum absolute atomic E-state index is 13.3. The summed E-state index contributed by atoms with van der Waals surface area (Å²) in [6, 6.07) is 26.3. The van der Waals surface area contributed by atoms with E-state index in [2.05, 4.69) is 5.32 Å². The molecule has 0 radical (unpaired) electrons. The van der Waals surface area contributed by atoms with Crippen LogP contribution in [0.25, 0.3) is 22.1 Å². The maximum Gasteiger partial charge on any atom is 0.326 e. The molecule has 1 unspecified atom stereocenters. The van der Waals surface area contributed by atoms with E-state index in [1.165, 1.54) is 12.1 Å². The topological polar surface area (TPSA) is 88.8 Å². The van der Waals surface area contributed by atoms with Gasteiger partial charge in [-0.2, -0.15) is 0 Å². The third kappa shape index (κ3) is 6.45. The third-order valence-electron chi connectivity index (χ3n) is 6.18. The van der Waals surface area contributed by atoms with Crippen molar-refractivity contribution in [3.63, 3.8) is 0 Å². The molecule has 0 spiro atoms. The molecule has 1 amide bonds. The summed E-state index contributed by atoms with van der Waals surface area (Å²) in [4.78, 5) is 24.8. The van der Waals surface area contributed by atoms with Crippen LogP contribution in [0.1, 0.15) is 21.7 Å². The molecule has 0 fully saturated rings. The van der Waals surface area contributed by atoms with E-state index < -0.39 is 17.9 Å². The summed E-state index contributed by atoms with van der Waals surface area (Å²) in [6.07, 6.45) is 0.0617. The van der Waals surface area contributed by atoms with Gasteiger partial charge in [0.1, 0.15) is 29.8 Å². The van der Waals surface area contributed by atoms with E-state index in [-0.39, 0.29) is 24.6 Å². The van der Waals surface area contributed by atoms with Crippen LogP contribution in [0.3, 0.4) is 0 Å². The van der Waals surface area contributed by atoms with Crippen LogP contribution < -0.4 is 10.1 Å². The van der Waals surface area contributed by atoms with Crippen LogP contribution in [-0.2, 0) is 17.8 Å². The standard InChI is InChI=1S/C31H23ClFNO5/c32-24-10-8-21(9-11-24)22-6-7-23-17-29(39-28(23)16-22)30(35)34-27(31(36)37)15-19-4-12-26(13-5-19)38-18-20-2-1-3-25(33)14-20/h1-14,16-17,27H,15,18H2,(H,34,35)(H,36,37). The first-order valence-corrected chi connectivity index (χ1v) is 12.5. The van der Waals surface area contributed by atoms with Crippen LogP contribution >= 0.6 is 11.6 Å². The number of benzene rings is 4. The summed E-state index contributed by atoms with van der Waals surface area (Å²) in [7, 11) is 0. The molecule has 8 heteroatoms. The monoisotopic (exact) mass is 543 g/mol. The van der Waals surface area contributed by atoms with Gasteiger partial charge >= 0.3 is 5.97 Å². The Bertz CT molecular complexity index is 1630. The van der Waals surface area contributed by atoms with Crippen molar-refractivity contribution >= 4 is 34.4 Å². The average Bonchev–Trinajstić information content (AvgIpc) is 3.36. The lowest BCUT2D eigenvalue weighted by molar-refractivity contribution is -0.139. The number of halogens is 2. The van der Waals surface area contributed by atoms with Gasteiger partial charge in [-0.1, -0.05) is 60.1 Å². The van der Waals surface area contributed by atoms with Gasteiger partial charge in [0.25, 0.3) is 5.91 Å². The molecule has 0 saturated heterocycles. The Kier molecular flexibility index (Phi) is 7.61. The van der Waals surface area contributed by atoms with Gasteiger partial charge in [0.05, 0.1) is 0 Å². The molecule has 0 aliphatic carbocycles. The zero-order chi connectivity index (χ0) is 27.4. The van der Waals surface area contributed by atoms with Crippen molar-refractivity contribution in [1.82, 2.24) is 5.32 Å². The number of carboxylic acid groups (broad SMARTS) is 1. The lowest BCUT2D eigenvalue weighted by Gasteiger charge is -2.14. The lowest BCUT2D eigenvalue weighted by atomic mass is 10.0. The number of nitrogens with one attached hydrogen (secondary N) is 1. The highest BCUT2D eigenvalue weighted by atomic mass is 35.5. The average molecular weight is 544 g/mol. The summed E-state index contributed by atoms with van der Waals surface area (Å²) < 4.78 is 24.8. The molecule has 4 aromatic carbocycles. The molecule has 0 bridgehead atoms. The molecule has 39 heavy (non-hydrogen) atoms. The Morgan fingerprint density at radius 3 is 2.36 bits per heavy atom. The van der Waals surface area contributed by atoms with Gasteiger partial charge in [0.15, 0.2) is 5.76 Å². The van der Waals surface area contributed by atoms with E-state index in [4.69, 9.17) is 20.8 Å². The molecule has 0 aliphatic heterocycles. The highest BCUT2D eigenvalue weighted by Crippen LogP contribution is 2.28. The van der Waals surface area contributed by atoms with Crippen LogP contribution in [0.15, 0.2) is 101 Å². The number of hydrogen-bond donors (Lipinski definition) is 2. The van der Waals surface area contributed by atoms with Crippen molar-refractivity contribution in [2.75, 3.05) is 0 Å². The van der Waals surface area contributed by atoms with Gasteiger partial charge in [-0.05, 0) is 70.8 Å². The number of furan rings is 1. The zero-order valence-corrected chi connectivity index (χ0v) is 21.3. The van der Waals surface area contributed by atoms with E-state index in [1.807, 2.05) is 30.3 Å². The second kappa shape index (κ2) is 11.4. The second-order valence-electron chi connectivity index (χ2n) is 9.00. The van der Waals surface area contributed by atoms with Crippen LogP contribution in [0.2, 0.25) is 5.02 Å². The van der Waals surface area contributed by atoms with E-state index >= 15 is 0 Å². The van der Waals surface area contributed by atoms with Gasteiger partial charge in [0, 0.05) is 16.8 Å². The number of carbonyl (C=O) groups is 2. The summed E-state index contributed by atoms with van der Waals surface area (Å²) in [5.74, 6) is -1.55. The molecule has 5 aromatic rings. The van der Waals surface area contributed by atoms with Crippen LogP contribution in [0.5, 0.6) is 5.75 Å². The van der Waals surface area contributed by atoms with Gasteiger partial charge in [-0.3, -0.25) is 4.79 Å². The molecule has 1 aromatic heterocycles. The number of rotatable bonds is 9. The van der Waals surface area contributed by atoms with Crippen molar-refractivity contribution in [3.8, 4) is 16.9 Å². The molecule has 0 aliphatic rings. The van der Waals surface area contributed by atoms with Crippen molar-refractivity contribution in [1.29, 1.82) is 0 Å². The number of carboxylic acids is 1. The molecule has 1 atom stereocenters. The zero-order valence-electron chi connectivity index (χ0n) is 20.6. The van der Waals surface area contributed by atoms with Gasteiger partial charge in [-0.15, -0.1) is 0 Å². The SMILES string of the molecule is O=C(NC(Cc1ccc(OCc2cccc(F)c2)cc1)C(=O)O)c1cc2ccc(-c3ccc(Cl)cc3)cc2o1. The Morgan fingerprint density at radius 2 is 1.64 bits per heavy atom. The van der Waals surface area contributed by atoms with Crippen LogP contribution in [0, 0.1) is 5.82 Å². The van der Waals surface area contributed by atoms with E-state index in [0.717, 1.165) is 16.5 Å². The number of aliphatic carboxylic acids is 1. The quantitative estimate of drug-likeness (QED) is 0.211. The van der Waals surface area contributed by atoms with Gasteiger partial charge < -0.3 is 19.6 Å². The third-order valence-corrected chi connectivity index (χ3v) is 6.43. The number of fused-ring (bicyclic) bond motifs is 1. The second-order valence-corrected chi connectivity index (χ2v) is 9.44. The molecule has 196 valence electrons. The first-order valence-electron chi connectivity index (χ1n) is 12.1. The van der Waals surface area contributed by atoms with Gasteiger partial charge in [0.2, 0.25) is 0 Å². The molecular weight excluding hydrogens is 521 g/mol. The molecular formula is C31H23ClFNO5. The predicted molar refractivity (Wildman–Crippen MR) is 146 cm³/mol. The minimum absolute atomic E-state index is 0.0191. The number of hydrogen-bond acceptors (Lipinski definition) is 4. The molecule has 6 nitrogen and oxygen atoms in total. The first-order chi connectivity index (χ1) is 18.8. The molecule has 2 N–H and O–H groups in total. The first kappa shape index (κ1) is 26.0. The van der Waals surface area contributed by atoms with E-state index in [0.29, 0.717) is 27.5 Å². The fourth-order valence-corrected chi connectivity index (χ4v) is 4.27. The highest BCUT2D eigenvalue weighted by Gasteiger charge is 2.23. The van der Waals surface area contributed by atoms with Crippen molar-refractivity contribution < 1.29 is 28.2 Å². The smallest absolute Gasteiger partial charge is 0.326 e. The van der Waals surface area contributed by atoms with Crippen molar-refractivity contribution in [2.24, 2.45) is 0 Å². The predicted octanol–water partition coefficient (Wildman–Crippen LogP) is 6.90. The van der Waals surface area contributed by atoms with E-state index in [1.54, 1.807) is 54.6 Å². The molecule has 0 saturated carbocycles. The number of carbonyl (C=O) groups excluding carboxylic acids is 1. The van der Waals surface area contributed by atoms with Crippen molar-refractivity contribution in [3.05, 3.63) is 125 Å². The van der Waals surface area contributed by atoms with Crippen LogP contribution in [0.4, 0.5) is 4.39 Å². The maximum atomic E-state index is 13.3. The van der Waals surface area contributed by atoms with Crippen molar-refractivity contribution in [2.45, 2.75) is 19.1 Å². The fourth-order valence-electron chi connectivity index (χ4n) is 4.15.